The van der Waals surface area contributed by atoms with Crippen LogP contribution in [0.5, 0.6) is 5.75 Å². The van der Waals surface area contributed by atoms with Gasteiger partial charge in [-0.05, 0) is 30.7 Å². The fourth-order valence-electron chi connectivity index (χ4n) is 1.84. The molecular weight excluding hydrogens is 295 g/mol. The van der Waals surface area contributed by atoms with E-state index in [1.54, 1.807) is 36.4 Å². The molecule has 0 heterocycles. The summed E-state index contributed by atoms with van der Waals surface area (Å²) < 4.78 is 5.60. The van der Waals surface area contributed by atoms with Crippen molar-refractivity contribution in [1.82, 2.24) is 0 Å². The normalized spacial score (nSPS) is 10.3. The van der Waals surface area contributed by atoms with Crippen molar-refractivity contribution in [3.8, 4) is 5.75 Å². The number of carbonyl (C=O) groups excluding carboxylic acids is 1. The second kappa shape index (κ2) is 6.78. The quantitative estimate of drug-likeness (QED) is 0.725. The van der Waals surface area contributed by atoms with Gasteiger partial charge in [0.15, 0.2) is 5.78 Å². The van der Waals surface area contributed by atoms with Crippen LogP contribution in [0, 0.1) is 0 Å². The molecule has 0 saturated carbocycles. The van der Waals surface area contributed by atoms with Crippen molar-refractivity contribution in [3.63, 3.8) is 0 Å². The molecule has 0 aromatic heterocycles. The molecule has 0 saturated heterocycles. The first kappa shape index (κ1) is 14.9. The molecule has 2 nitrogen and oxygen atoms in total. The van der Waals surface area contributed by atoms with Gasteiger partial charge in [0.05, 0.1) is 27.8 Å². The van der Waals surface area contributed by atoms with E-state index in [4.69, 9.17) is 27.9 Å². The molecule has 4 heteroatoms. The minimum atomic E-state index is -0.229. The van der Waals surface area contributed by atoms with E-state index in [1.807, 2.05) is 13.0 Å². The van der Waals surface area contributed by atoms with E-state index < -0.39 is 0 Å². The van der Waals surface area contributed by atoms with Crippen LogP contribution in [0.3, 0.4) is 0 Å². The van der Waals surface area contributed by atoms with Crippen molar-refractivity contribution < 1.29 is 9.53 Å². The van der Waals surface area contributed by atoms with Crippen LogP contribution in [0.4, 0.5) is 0 Å². The fourth-order valence-corrected chi connectivity index (χ4v) is 2.41. The van der Waals surface area contributed by atoms with E-state index in [0.717, 1.165) is 6.42 Å². The molecule has 0 bridgehead atoms. The van der Waals surface area contributed by atoms with Gasteiger partial charge in [0.2, 0.25) is 0 Å². The summed E-state index contributed by atoms with van der Waals surface area (Å²) in [6, 6.07) is 12.1. The van der Waals surface area contributed by atoms with E-state index in [9.17, 15) is 4.79 Å². The second-order valence-corrected chi connectivity index (χ2v) is 5.08. The highest BCUT2D eigenvalue weighted by Gasteiger charge is 2.19. The Labute approximate surface area is 128 Å². The number of halogens is 2. The standard InChI is InChI=1S/C16H14Cl2O2/c1-2-10-20-14-9-4-3-6-11(14)16(19)15-12(17)7-5-8-13(15)18/h3-9H,2,10H2,1H3. The number of rotatable bonds is 5. The van der Waals surface area contributed by atoms with Crippen LogP contribution in [-0.4, -0.2) is 12.4 Å². The van der Waals surface area contributed by atoms with Gasteiger partial charge >= 0.3 is 0 Å². The van der Waals surface area contributed by atoms with Crippen molar-refractivity contribution in [3.05, 3.63) is 63.6 Å². The Balaban J connectivity index is 2.43. The Hall–Kier alpha value is -1.51. The zero-order valence-corrected chi connectivity index (χ0v) is 12.5. The number of carbonyl (C=O) groups is 1. The number of para-hydroxylation sites is 1. The SMILES string of the molecule is CCCOc1ccccc1C(=O)c1c(Cl)cccc1Cl. The summed E-state index contributed by atoms with van der Waals surface area (Å²) in [5.41, 5.74) is 0.777. The van der Waals surface area contributed by atoms with Crippen molar-refractivity contribution >= 4 is 29.0 Å². The predicted molar refractivity (Wildman–Crippen MR) is 82.1 cm³/mol. The lowest BCUT2D eigenvalue weighted by Crippen LogP contribution is -2.07. The molecule has 0 amide bonds. The van der Waals surface area contributed by atoms with Gasteiger partial charge < -0.3 is 4.74 Å². The Morgan fingerprint density at radius 1 is 1.05 bits per heavy atom. The third-order valence-corrected chi connectivity index (χ3v) is 3.41. The largest absolute Gasteiger partial charge is 0.493 e. The maximum Gasteiger partial charge on any atom is 0.199 e. The lowest BCUT2D eigenvalue weighted by atomic mass is 10.0. The van der Waals surface area contributed by atoms with Crippen molar-refractivity contribution in [2.75, 3.05) is 6.61 Å². The van der Waals surface area contributed by atoms with E-state index in [-0.39, 0.29) is 5.78 Å². The third-order valence-electron chi connectivity index (χ3n) is 2.78. The van der Waals surface area contributed by atoms with Crippen LogP contribution >= 0.6 is 23.2 Å². The van der Waals surface area contributed by atoms with E-state index >= 15 is 0 Å². The summed E-state index contributed by atoms with van der Waals surface area (Å²) in [5.74, 6) is 0.322. The molecular formula is C16H14Cl2O2. The average Bonchev–Trinajstić information content (AvgIpc) is 2.45. The number of ether oxygens (including phenoxy) is 1. The highest BCUT2D eigenvalue weighted by Crippen LogP contribution is 2.30. The van der Waals surface area contributed by atoms with E-state index in [0.29, 0.717) is 33.5 Å². The van der Waals surface area contributed by atoms with Gasteiger partial charge in [-0.15, -0.1) is 0 Å². The summed E-state index contributed by atoms with van der Waals surface area (Å²) >= 11 is 12.2. The monoisotopic (exact) mass is 308 g/mol. The Morgan fingerprint density at radius 2 is 1.70 bits per heavy atom. The van der Waals surface area contributed by atoms with Gasteiger partial charge in [0, 0.05) is 0 Å². The first-order chi connectivity index (χ1) is 9.65. The Bertz CT molecular complexity index is 603. The van der Waals surface area contributed by atoms with Gasteiger partial charge in [0.25, 0.3) is 0 Å². The smallest absolute Gasteiger partial charge is 0.199 e. The molecule has 0 aliphatic heterocycles. The number of hydrogen-bond acceptors (Lipinski definition) is 2. The molecule has 2 aromatic carbocycles. The average molecular weight is 309 g/mol. The first-order valence-corrected chi connectivity index (χ1v) is 7.11. The predicted octanol–water partition coefficient (Wildman–Crippen LogP) is 5.01. The zero-order valence-electron chi connectivity index (χ0n) is 11.0. The fraction of sp³-hybridized carbons (Fsp3) is 0.188. The lowest BCUT2D eigenvalue weighted by Gasteiger charge is -2.11. The maximum absolute atomic E-state index is 12.6. The highest BCUT2D eigenvalue weighted by atomic mass is 35.5. The van der Waals surface area contributed by atoms with Gasteiger partial charge in [-0.3, -0.25) is 4.79 Å². The second-order valence-electron chi connectivity index (χ2n) is 4.27. The molecule has 2 rings (SSSR count). The summed E-state index contributed by atoms with van der Waals surface area (Å²) in [5, 5.41) is 0.681. The molecule has 0 aliphatic rings. The highest BCUT2D eigenvalue weighted by molar-refractivity contribution is 6.41. The minimum absolute atomic E-state index is 0.229. The number of ketones is 1. The van der Waals surface area contributed by atoms with Gasteiger partial charge in [0.1, 0.15) is 5.75 Å². The van der Waals surface area contributed by atoms with Crippen LogP contribution in [-0.2, 0) is 0 Å². The number of benzene rings is 2. The van der Waals surface area contributed by atoms with Crippen molar-refractivity contribution in [2.24, 2.45) is 0 Å². The van der Waals surface area contributed by atoms with Gasteiger partial charge in [-0.25, -0.2) is 0 Å². The molecule has 0 unspecified atom stereocenters. The molecule has 0 atom stereocenters. The van der Waals surface area contributed by atoms with Crippen LogP contribution in [0.2, 0.25) is 10.0 Å². The molecule has 104 valence electrons. The lowest BCUT2D eigenvalue weighted by molar-refractivity contribution is 0.103. The Kier molecular flexibility index (Phi) is 5.05. The molecule has 0 radical (unpaired) electrons. The zero-order chi connectivity index (χ0) is 14.5. The van der Waals surface area contributed by atoms with Crippen LogP contribution < -0.4 is 4.74 Å². The van der Waals surface area contributed by atoms with Crippen LogP contribution in [0.25, 0.3) is 0 Å². The minimum Gasteiger partial charge on any atom is -0.493 e. The van der Waals surface area contributed by atoms with Crippen LogP contribution in [0.15, 0.2) is 42.5 Å². The molecule has 20 heavy (non-hydrogen) atoms. The molecule has 0 fully saturated rings. The molecule has 0 aliphatic carbocycles. The summed E-state index contributed by atoms with van der Waals surface area (Å²) in [7, 11) is 0. The van der Waals surface area contributed by atoms with E-state index in [1.165, 1.54) is 0 Å². The summed E-state index contributed by atoms with van der Waals surface area (Å²) in [4.78, 5) is 12.6. The van der Waals surface area contributed by atoms with E-state index in [2.05, 4.69) is 0 Å². The maximum atomic E-state index is 12.6. The third kappa shape index (κ3) is 3.14. The molecule has 0 spiro atoms. The van der Waals surface area contributed by atoms with Crippen molar-refractivity contribution in [1.29, 1.82) is 0 Å². The molecule has 2 aromatic rings. The van der Waals surface area contributed by atoms with Crippen LogP contribution in [0.1, 0.15) is 29.3 Å². The molecule has 0 N–H and O–H groups in total. The summed E-state index contributed by atoms with van der Waals surface area (Å²) in [6.07, 6.45) is 0.870. The van der Waals surface area contributed by atoms with Crippen molar-refractivity contribution in [2.45, 2.75) is 13.3 Å². The first-order valence-electron chi connectivity index (χ1n) is 6.35. The van der Waals surface area contributed by atoms with Gasteiger partial charge in [-0.2, -0.15) is 0 Å². The number of hydrogen-bond donors (Lipinski definition) is 0. The summed E-state index contributed by atoms with van der Waals surface area (Å²) in [6.45, 7) is 2.57. The van der Waals surface area contributed by atoms with Gasteiger partial charge in [-0.1, -0.05) is 48.3 Å². The topological polar surface area (TPSA) is 26.3 Å². The Morgan fingerprint density at radius 3 is 2.35 bits per heavy atom.